The zero-order valence-corrected chi connectivity index (χ0v) is 27.9. The first-order chi connectivity index (χ1) is 25.2. The van der Waals surface area contributed by atoms with Crippen LogP contribution in [0.3, 0.4) is 0 Å². The maximum absolute atomic E-state index is 5.05. The van der Waals surface area contributed by atoms with Gasteiger partial charge in [0.1, 0.15) is 0 Å². The molecule has 5 heteroatoms. The number of nitrogens with zero attached hydrogens (tertiary/aromatic N) is 5. The monoisotopic (exact) mass is 653 g/mol. The molecule has 0 spiro atoms. The molecule has 0 saturated carbocycles. The van der Waals surface area contributed by atoms with E-state index in [9.17, 15) is 0 Å². The molecular formula is C46H31N5. The number of benzene rings is 7. The minimum atomic E-state index is 0.641. The number of hydrogen-bond acceptors (Lipinski definition) is 3. The Kier molecular flexibility index (Phi) is 6.64. The molecule has 0 aliphatic carbocycles. The third-order valence-corrected chi connectivity index (χ3v) is 9.78. The number of aromatic nitrogens is 5. The van der Waals surface area contributed by atoms with Crippen molar-refractivity contribution in [2.45, 2.75) is 6.92 Å². The van der Waals surface area contributed by atoms with E-state index in [1.807, 2.05) is 60.7 Å². The lowest BCUT2D eigenvalue weighted by Crippen LogP contribution is -2.01. The molecule has 5 nitrogen and oxygen atoms in total. The molecule has 10 rings (SSSR count). The maximum atomic E-state index is 5.05. The lowest BCUT2D eigenvalue weighted by Gasteiger charge is -2.13. The van der Waals surface area contributed by atoms with Gasteiger partial charge in [-0.05, 0) is 66.4 Å². The van der Waals surface area contributed by atoms with E-state index >= 15 is 0 Å². The van der Waals surface area contributed by atoms with Crippen LogP contribution in [-0.4, -0.2) is 24.1 Å². The smallest absolute Gasteiger partial charge is 0.164 e. The fourth-order valence-electron chi connectivity index (χ4n) is 7.54. The molecule has 0 fully saturated rings. The van der Waals surface area contributed by atoms with E-state index in [2.05, 4.69) is 125 Å². The van der Waals surface area contributed by atoms with E-state index in [1.54, 1.807) is 0 Å². The number of aryl methyl sites for hydroxylation is 1. The summed E-state index contributed by atoms with van der Waals surface area (Å²) >= 11 is 0. The van der Waals surface area contributed by atoms with Crippen molar-refractivity contribution in [3.05, 3.63) is 176 Å². The topological polar surface area (TPSA) is 48.5 Å². The second-order valence-corrected chi connectivity index (χ2v) is 13.0. The first-order valence-electron chi connectivity index (χ1n) is 17.2. The maximum Gasteiger partial charge on any atom is 0.164 e. The van der Waals surface area contributed by atoms with Crippen molar-refractivity contribution in [1.29, 1.82) is 0 Å². The summed E-state index contributed by atoms with van der Waals surface area (Å²) in [4.78, 5) is 15.0. The van der Waals surface area contributed by atoms with Gasteiger partial charge in [-0.2, -0.15) is 0 Å². The third kappa shape index (κ3) is 4.82. The van der Waals surface area contributed by atoms with Crippen LogP contribution in [0.25, 0.3) is 89.0 Å². The summed E-state index contributed by atoms with van der Waals surface area (Å²) in [7, 11) is 0. The van der Waals surface area contributed by atoms with E-state index in [0.717, 1.165) is 33.6 Å². The second-order valence-electron chi connectivity index (χ2n) is 13.0. The van der Waals surface area contributed by atoms with Crippen molar-refractivity contribution in [3.63, 3.8) is 0 Å². The lowest BCUT2D eigenvalue weighted by molar-refractivity contribution is 1.07. The van der Waals surface area contributed by atoms with Crippen molar-refractivity contribution >= 4 is 43.5 Å². The van der Waals surface area contributed by atoms with Crippen LogP contribution in [0.2, 0.25) is 0 Å². The Balaban J connectivity index is 1.22. The Morgan fingerprint density at radius 1 is 0.431 bits per heavy atom. The molecule has 0 amide bonds. The quantitative estimate of drug-likeness (QED) is 0.186. The van der Waals surface area contributed by atoms with Gasteiger partial charge < -0.3 is 9.13 Å². The SMILES string of the molecule is Cc1cc(-c2nc(-c3ccccc3)nc(-c3ccccc3)n2)cc(-n2ccc3ccc4ccc5c(c6ccccc6n5-c5ccccc5)c4c32)c1. The summed E-state index contributed by atoms with van der Waals surface area (Å²) in [5.41, 5.74) is 9.73. The Morgan fingerprint density at radius 3 is 1.73 bits per heavy atom. The van der Waals surface area contributed by atoms with E-state index in [-0.39, 0.29) is 0 Å². The Bertz CT molecular complexity index is 2850. The predicted octanol–water partition coefficient (Wildman–Crippen LogP) is 11.4. The summed E-state index contributed by atoms with van der Waals surface area (Å²) in [5.74, 6) is 1.94. The van der Waals surface area contributed by atoms with Crippen molar-refractivity contribution in [2.75, 3.05) is 0 Å². The average Bonchev–Trinajstić information content (AvgIpc) is 3.78. The molecule has 0 bridgehead atoms. The summed E-state index contributed by atoms with van der Waals surface area (Å²) in [6.07, 6.45) is 2.19. The Labute approximate surface area is 294 Å². The summed E-state index contributed by atoms with van der Waals surface area (Å²) in [6, 6.07) is 57.5. The Morgan fingerprint density at radius 2 is 1.02 bits per heavy atom. The molecule has 51 heavy (non-hydrogen) atoms. The van der Waals surface area contributed by atoms with Crippen LogP contribution in [0.4, 0.5) is 0 Å². The third-order valence-electron chi connectivity index (χ3n) is 9.78. The second kappa shape index (κ2) is 11.6. The van der Waals surface area contributed by atoms with Gasteiger partial charge in [-0.15, -0.1) is 0 Å². The Hall–Kier alpha value is -6.85. The van der Waals surface area contributed by atoms with E-state index in [1.165, 1.54) is 43.5 Å². The van der Waals surface area contributed by atoms with E-state index < -0.39 is 0 Å². The highest BCUT2D eigenvalue weighted by atomic mass is 15.0. The van der Waals surface area contributed by atoms with Gasteiger partial charge >= 0.3 is 0 Å². The molecule has 3 aromatic heterocycles. The first kappa shape index (κ1) is 29.1. The standard InChI is InChI=1S/C46H31N5/c1-30-27-35(46-48-44(33-13-5-2-6-14-33)47-45(49-46)34-15-7-3-8-16-34)29-37(28-30)50-26-25-32-22-21-31-23-24-40-42(41(31)43(32)50)38-19-11-12-20-39(38)51(40)36-17-9-4-10-18-36/h2-29H,1H3. The van der Waals surface area contributed by atoms with Gasteiger partial charge in [0, 0.05) is 55.8 Å². The molecule has 0 N–H and O–H groups in total. The minimum Gasteiger partial charge on any atom is -0.316 e. The number of fused-ring (bicyclic) bond motifs is 7. The fourth-order valence-corrected chi connectivity index (χ4v) is 7.54. The number of hydrogen-bond donors (Lipinski definition) is 0. The minimum absolute atomic E-state index is 0.641. The van der Waals surface area contributed by atoms with Gasteiger partial charge in [0.2, 0.25) is 0 Å². The van der Waals surface area contributed by atoms with Crippen molar-refractivity contribution < 1.29 is 0 Å². The van der Waals surface area contributed by atoms with Gasteiger partial charge in [-0.3, -0.25) is 0 Å². The summed E-state index contributed by atoms with van der Waals surface area (Å²) in [6.45, 7) is 2.14. The summed E-state index contributed by atoms with van der Waals surface area (Å²) in [5, 5.41) is 6.12. The largest absolute Gasteiger partial charge is 0.316 e. The van der Waals surface area contributed by atoms with Gasteiger partial charge in [-0.25, -0.2) is 15.0 Å². The average molecular weight is 654 g/mol. The molecule has 0 aliphatic rings. The van der Waals surface area contributed by atoms with Crippen LogP contribution in [0, 0.1) is 6.92 Å². The van der Waals surface area contributed by atoms with Crippen LogP contribution in [-0.2, 0) is 0 Å². The molecule has 0 radical (unpaired) electrons. The zero-order valence-electron chi connectivity index (χ0n) is 27.9. The zero-order chi connectivity index (χ0) is 33.9. The van der Waals surface area contributed by atoms with Gasteiger partial charge in [0.05, 0.1) is 16.6 Å². The fraction of sp³-hybridized carbons (Fsp3) is 0.0217. The molecule has 7 aromatic carbocycles. The molecule has 0 atom stereocenters. The van der Waals surface area contributed by atoms with Crippen LogP contribution in [0.5, 0.6) is 0 Å². The van der Waals surface area contributed by atoms with Crippen LogP contribution in [0.15, 0.2) is 170 Å². The van der Waals surface area contributed by atoms with Crippen LogP contribution in [0.1, 0.15) is 5.56 Å². The van der Waals surface area contributed by atoms with E-state index in [4.69, 9.17) is 15.0 Å². The normalized spacial score (nSPS) is 11.6. The highest BCUT2D eigenvalue weighted by Crippen LogP contribution is 2.41. The molecule has 10 aromatic rings. The van der Waals surface area contributed by atoms with Crippen molar-refractivity contribution in [3.8, 4) is 45.5 Å². The van der Waals surface area contributed by atoms with E-state index in [0.29, 0.717) is 17.5 Å². The van der Waals surface area contributed by atoms with Gasteiger partial charge in [-0.1, -0.05) is 115 Å². The molecule has 0 unspecified atom stereocenters. The highest BCUT2D eigenvalue weighted by Gasteiger charge is 2.19. The van der Waals surface area contributed by atoms with Crippen molar-refractivity contribution in [1.82, 2.24) is 24.1 Å². The number of rotatable bonds is 5. The van der Waals surface area contributed by atoms with Gasteiger partial charge in [0.15, 0.2) is 17.5 Å². The number of para-hydroxylation sites is 2. The molecule has 0 aliphatic heterocycles. The van der Waals surface area contributed by atoms with Crippen molar-refractivity contribution in [2.24, 2.45) is 0 Å². The molecule has 0 saturated heterocycles. The summed E-state index contributed by atoms with van der Waals surface area (Å²) < 4.78 is 4.72. The molecular weight excluding hydrogens is 623 g/mol. The van der Waals surface area contributed by atoms with Crippen LogP contribution < -0.4 is 0 Å². The van der Waals surface area contributed by atoms with Crippen LogP contribution >= 0.6 is 0 Å². The molecule has 240 valence electrons. The predicted molar refractivity (Wildman–Crippen MR) is 210 cm³/mol. The highest BCUT2D eigenvalue weighted by molar-refractivity contribution is 6.27. The van der Waals surface area contributed by atoms with Gasteiger partial charge in [0.25, 0.3) is 0 Å². The lowest BCUT2D eigenvalue weighted by atomic mass is 10.0. The first-order valence-corrected chi connectivity index (χ1v) is 17.2. The molecule has 3 heterocycles.